The number of hydrogen-bond acceptors (Lipinski definition) is 4. The first-order chi connectivity index (χ1) is 14.3. The maximum absolute atomic E-state index is 13.5. The topological polar surface area (TPSA) is 70.2 Å². The minimum atomic E-state index is -0.726. The zero-order valence-corrected chi connectivity index (χ0v) is 17.6. The van der Waals surface area contributed by atoms with Gasteiger partial charge in [0.2, 0.25) is 17.7 Å². The Morgan fingerprint density at radius 3 is 2.80 bits per heavy atom. The lowest BCUT2D eigenvalue weighted by molar-refractivity contribution is -0.149. The molecule has 7 heteroatoms. The molecule has 3 saturated heterocycles. The van der Waals surface area contributed by atoms with Crippen molar-refractivity contribution in [3.05, 3.63) is 47.0 Å². The second-order valence-electron chi connectivity index (χ2n) is 9.10. The molecule has 3 amide bonds. The molecule has 0 radical (unpaired) electrons. The Kier molecular flexibility index (Phi) is 4.29. The van der Waals surface area contributed by atoms with Crippen molar-refractivity contribution >= 4 is 17.7 Å². The summed E-state index contributed by atoms with van der Waals surface area (Å²) in [7, 11) is 1.74. The van der Waals surface area contributed by atoms with E-state index < -0.39 is 17.4 Å². The number of piperazine rings is 1. The van der Waals surface area contributed by atoms with Crippen molar-refractivity contribution in [1.29, 1.82) is 0 Å². The van der Waals surface area contributed by atoms with E-state index in [-0.39, 0.29) is 30.4 Å². The monoisotopic (exact) mass is 409 g/mol. The van der Waals surface area contributed by atoms with Gasteiger partial charge in [0.05, 0.1) is 31.0 Å². The van der Waals surface area contributed by atoms with E-state index in [1.165, 1.54) is 0 Å². The van der Waals surface area contributed by atoms with Gasteiger partial charge in [-0.2, -0.15) is 0 Å². The van der Waals surface area contributed by atoms with Crippen LogP contribution in [-0.4, -0.2) is 77.4 Å². The van der Waals surface area contributed by atoms with Crippen molar-refractivity contribution in [2.24, 2.45) is 11.8 Å². The van der Waals surface area contributed by atoms with Crippen molar-refractivity contribution < 1.29 is 19.1 Å². The Bertz CT molecular complexity index is 973. The average Bonchev–Trinajstić information content (AvgIpc) is 3.35. The molecule has 0 unspecified atom stereocenters. The summed E-state index contributed by atoms with van der Waals surface area (Å²) >= 11 is 0. The second kappa shape index (κ2) is 6.67. The number of nitrogens with zero attached hydrogens (tertiary/aromatic N) is 3. The Hall–Kier alpha value is -2.67. The lowest BCUT2D eigenvalue weighted by atomic mass is 9.76. The number of hydrogen-bond donors (Lipinski definition) is 0. The molecule has 0 aromatic heterocycles. The largest absolute Gasteiger partial charge is 0.360 e. The molecule has 1 spiro atoms. The van der Waals surface area contributed by atoms with E-state index in [0.29, 0.717) is 26.2 Å². The maximum Gasteiger partial charge on any atom is 0.241 e. The van der Waals surface area contributed by atoms with Gasteiger partial charge in [-0.15, -0.1) is 0 Å². The quantitative estimate of drug-likeness (QED) is 0.695. The Balaban J connectivity index is 1.39. The summed E-state index contributed by atoms with van der Waals surface area (Å²) in [5, 5.41) is 0. The fraction of sp³-hybridized carbons (Fsp3) is 0.522. The summed E-state index contributed by atoms with van der Waals surface area (Å²) in [6.07, 6.45) is 3.51. The molecule has 1 aromatic rings. The molecular formula is C23H27N3O4. The standard InChI is InChI=1S/C23H27N3O4/c1-14-4-5-15(2)16(10-14)11-26-13-23-7-6-17(30-23)19(20(23)22(26)29)21(28)25-9-8-24(3)18(27)12-25/h4-7,10,17,19-20H,8-9,11-13H2,1-3H3/t17-,19-,20-,23-/m0/s1. The molecule has 0 aliphatic carbocycles. The molecule has 158 valence electrons. The number of benzene rings is 1. The summed E-state index contributed by atoms with van der Waals surface area (Å²) in [6, 6.07) is 6.25. The molecule has 4 aliphatic rings. The predicted molar refractivity (Wildman–Crippen MR) is 109 cm³/mol. The van der Waals surface area contributed by atoms with Crippen molar-refractivity contribution in [3.63, 3.8) is 0 Å². The van der Waals surface area contributed by atoms with E-state index >= 15 is 0 Å². The van der Waals surface area contributed by atoms with Crippen molar-refractivity contribution in [2.45, 2.75) is 32.1 Å². The third-order valence-electron chi connectivity index (χ3n) is 7.10. The Morgan fingerprint density at radius 2 is 2.03 bits per heavy atom. The van der Waals surface area contributed by atoms with Gasteiger partial charge in [0.1, 0.15) is 5.60 Å². The van der Waals surface area contributed by atoms with Crippen LogP contribution in [0.4, 0.5) is 0 Å². The number of aryl methyl sites for hydroxylation is 2. The first-order valence-corrected chi connectivity index (χ1v) is 10.5. The lowest BCUT2D eigenvalue weighted by Gasteiger charge is -2.35. The van der Waals surface area contributed by atoms with Gasteiger partial charge < -0.3 is 19.4 Å². The first kappa shape index (κ1) is 19.3. The molecular weight excluding hydrogens is 382 g/mol. The highest BCUT2D eigenvalue weighted by Gasteiger charge is 2.67. The molecule has 5 rings (SSSR count). The van der Waals surface area contributed by atoms with E-state index in [4.69, 9.17) is 4.74 Å². The molecule has 0 saturated carbocycles. The van der Waals surface area contributed by atoms with Crippen LogP contribution in [0.3, 0.4) is 0 Å². The predicted octanol–water partition coefficient (Wildman–Crippen LogP) is 0.886. The van der Waals surface area contributed by atoms with Gasteiger partial charge in [-0.3, -0.25) is 14.4 Å². The van der Waals surface area contributed by atoms with Gasteiger partial charge in [0.15, 0.2) is 0 Å². The van der Waals surface area contributed by atoms with Crippen LogP contribution in [0.15, 0.2) is 30.4 Å². The summed E-state index contributed by atoms with van der Waals surface area (Å²) in [5.74, 6) is -1.30. The molecule has 1 aromatic carbocycles. The van der Waals surface area contributed by atoms with E-state index in [9.17, 15) is 14.4 Å². The molecule has 7 nitrogen and oxygen atoms in total. The number of likely N-dealkylation sites (N-methyl/N-ethyl adjacent to an activating group) is 1. The number of ether oxygens (including phenoxy) is 1. The van der Waals surface area contributed by atoms with Crippen molar-refractivity contribution in [1.82, 2.24) is 14.7 Å². The lowest BCUT2D eigenvalue weighted by Crippen LogP contribution is -2.54. The van der Waals surface area contributed by atoms with E-state index in [2.05, 4.69) is 18.2 Å². The van der Waals surface area contributed by atoms with Crippen LogP contribution in [0.1, 0.15) is 16.7 Å². The highest BCUT2D eigenvalue weighted by atomic mass is 16.5. The molecule has 3 fully saturated rings. The zero-order valence-electron chi connectivity index (χ0n) is 17.6. The summed E-state index contributed by atoms with van der Waals surface area (Å²) in [4.78, 5) is 44.0. The second-order valence-corrected chi connectivity index (χ2v) is 9.10. The number of rotatable bonds is 3. The third-order valence-corrected chi connectivity index (χ3v) is 7.10. The Morgan fingerprint density at radius 1 is 1.23 bits per heavy atom. The highest BCUT2D eigenvalue weighted by molar-refractivity contribution is 5.94. The van der Waals surface area contributed by atoms with Gasteiger partial charge in [-0.05, 0) is 25.0 Å². The molecule has 30 heavy (non-hydrogen) atoms. The summed E-state index contributed by atoms with van der Waals surface area (Å²) < 4.78 is 6.23. The Labute approximate surface area is 176 Å². The summed E-state index contributed by atoms with van der Waals surface area (Å²) in [5.41, 5.74) is 2.69. The van der Waals surface area contributed by atoms with Crippen molar-refractivity contribution in [2.75, 3.05) is 33.2 Å². The smallest absolute Gasteiger partial charge is 0.241 e. The van der Waals surface area contributed by atoms with Crippen LogP contribution in [0, 0.1) is 25.7 Å². The molecule has 0 N–H and O–H groups in total. The third kappa shape index (κ3) is 2.79. The van der Waals surface area contributed by atoms with E-state index in [0.717, 1.165) is 16.7 Å². The fourth-order valence-corrected chi connectivity index (χ4v) is 5.33. The highest BCUT2D eigenvalue weighted by Crippen LogP contribution is 2.52. The van der Waals surface area contributed by atoms with E-state index in [1.807, 2.05) is 30.9 Å². The van der Waals surface area contributed by atoms with Crippen LogP contribution in [0.5, 0.6) is 0 Å². The number of likely N-dealkylation sites (tertiary alicyclic amines) is 1. The van der Waals surface area contributed by atoms with Crippen LogP contribution in [-0.2, 0) is 25.7 Å². The molecule has 4 atom stereocenters. The average molecular weight is 409 g/mol. The van der Waals surface area contributed by atoms with E-state index in [1.54, 1.807) is 16.8 Å². The minimum Gasteiger partial charge on any atom is -0.360 e. The normalized spacial score (nSPS) is 32.4. The van der Waals surface area contributed by atoms with Crippen molar-refractivity contribution in [3.8, 4) is 0 Å². The molecule has 2 bridgehead atoms. The fourth-order valence-electron chi connectivity index (χ4n) is 5.33. The first-order valence-electron chi connectivity index (χ1n) is 10.5. The van der Waals surface area contributed by atoms with Crippen LogP contribution >= 0.6 is 0 Å². The van der Waals surface area contributed by atoms with Crippen LogP contribution < -0.4 is 0 Å². The number of carbonyl (C=O) groups excluding carboxylic acids is 3. The maximum atomic E-state index is 13.5. The van der Waals surface area contributed by atoms with Crippen LogP contribution in [0.25, 0.3) is 0 Å². The minimum absolute atomic E-state index is 0.0263. The molecule has 4 aliphatic heterocycles. The molecule has 4 heterocycles. The van der Waals surface area contributed by atoms with Gasteiger partial charge in [-0.1, -0.05) is 35.9 Å². The summed E-state index contributed by atoms with van der Waals surface area (Å²) in [6.45, 7) is 6.15. The van der Waals surface area contributed by atoms with Crippen LogP contribution in [0.2, 0.25) is 0 Å². The van der Waals surface area contributed by atoms with Gasteiger partial charge in [0.25, 0.3) is 0 Å². The zero-order chi connectivity index (χ0) is 21.2. The number of fused-ring (bicyclic) bond motifs is 1. The SMILES string of the molecule is Cc1ccc(C)c(CN2C[C@]34C=C[C@H](O3)[C@H](C(=O)N3CCN(C)C(=O)C3)[C@H]4C2=O)c1. The van der Waals surface area contributed by atoms with Gasteiger partial charge >= 0.3 is 0 Å². The van der Waals surface area contributed by atoms with Gasteiger partial charge in [-0.25, -0.2) is 0 Å². The number of amides is 3. The number of carbonyl (C=O) groups is 3. The van der Waals surface area contributed by atoms with Gasteiger partial charge in [0, 0.05) is 26.7 Å².